The number of carbonyl (C=O) groups excluding carboxylic acids is 1. The van der Waals surface area contributed by atoms with E-state index in [1.54, 1.807) is 0 Å². The highest BCUT2D eigenvalue weighted by atomic mass is 32.2. The number of sulfonamides is 1. The Morgan fingerprint density at radius 3 is 2.50 bits per heavy atom. The summed E-state index contributed by atoms with van der Waals surface area (Å²) < 4.78 is 66.4. The number of nitrogens with one attached hydrogen (secondary N) is 2. The molecular formula is C12H17F3N4O4S. The van der Waals surface area contributed by atoms with Gasteiger partial charge in [0.15, 0.2) is 5.76 Å². The Morgan fingerprint density at radius 1 is 1.38 bits per heavy atom. The third-order valence-corrected chi connectivity index (χ3v) is 4.29. The molecular weight excluding hydrogens is 353 g/mol. The van der Waals surface area contributed by atoms with E-state index in [1.165, 1.54) is 4.90 Å². The summed E-state index contributed by atoms with van der Waals surface area (Å²) >= 11 is 0. The van der Waals surface area contributed by atoms with Crippen molar-refractivity contribution in [2.45, 2.75) is 17.3 Å². The van der Waals surface area contributed by atoms with Crippen LogP contribution >= 0.6 is 0 Å². The Hall–Kier alpha value is -1.63. The highest BCUT2D eigenvalue weighted by Gasteiger charge is 2.43. The van der Waals surface area contributed by atoms with Crippen molar-refractivity contribution < 1.29 is 30.8 Å². The quantitative estimate of drug-likeness (QED) is 0.643. The predicted octanol–water partition coefficient (Wildman–Crippen LogP) is -0.507. The Kier molecular flexibility index (Phi) is 5.52. The molecule has 2 heterocycles. The zero-order chi connectivity index (χ0) is 18.0. The number of primary sulfonamides is 1. The van der Waals surface area contributed by atoms with Crippen molar-refractivity contribution in [3.05, 3.63) is 17.9 Å². The normalized spacial score (nSPS) is 18.3. The molecule has 1 aromatic heterocycles. The van der Waals surface area contributed by atoms with Crippen molar-refractivity contribution in [3.8, 4) is 0 Å². The van der Waals surface area contributed by atoms with Crippen molar-refractivity contribution in [1.29, 1.82) is 0 Å². The second kappa shape index (κ2) is 7.09. The molecule has 1 unspecified atom stereocenters. The van der Waals surface area contributed by atoms with Crippen molar-refractivity contribution in [3.63, 3.8) is 0 Å². The fraction of sp³-hybridized carbons (Fsp3) is 0.583. The van der Waals surface area contributed by atoms with E-state index in [4.69, 9.17) is 9.56 Å². The fourth-order valence-electron chi connectivity index (χ4n) is 2.32. The first-order chi connectivity index (χ1) is 11.1. The molecule has 0 saturated carbocycles. The van der Waals surface area contributed by atoms with Crippen LogP contribution in [0.2, 0.25) is 0 Å². The summed E-state index contributed by atoms with van der Waals surface area (Å²) in [4.78, 5) is 13.1. The van der Waals surface area contributed by atoms with E-state index in [2.05, 4.69) is 10.6 Å². The van der Waals surface area contributed by atoms with Gasteiger partial charge >= 0.3 is 6.18 Å². The van der Waals surface area contributed by atoms with Crippen LogP contribution in [0.1, 0.15) is 10.6 Å². The van der Waals surface area contributed by atoms with Gasteiger partial charge in [0.1, 0.15) is 6.04 Å². The molecule has 1 atom stereocenters. The van der Waals surface area contributed by atoms with Crippen LogP contribution in [0, 0.1) is 0 Å². The number of nitrogens with two attached hydrogens (primary N) is 1. The summed E-state index contributed by atoms with van der Waals surface area (Å²) in [5.41, 5.74) is 0. The van der Waals surface area contributed by atoms with E-state index in [1.807, 2.05) is 0 Å². The first kappa shape index (κ1) is 18.7. The number of furan rings is 1. The number of halogens is 3. The van der Waals surface area contributed by atoms with Gasteiger partial charge in [0.05, 0.1) is 0 Å². The SMILES string of the molecule is NS(=O)(=O)c1ccc(C(=O)NCC(N2CCNCC2)C(F)(F)F)o1. The third-order valence-electron chi connectivity index (χ3n) is 3.51. The monoisotopic (exact) mass is 370 g/mol. The molecule has 1 aromatic rings. The molecule has 0 aliphatic carbocycles. The van der Waals surface area contributed by atoms with Gasteiger partial charge in [-0.25, -0.2) is 13.6 Å². The summed E-state index contributed by atoms with van der Waals surface area (Å²) in [6.45, 7) is 0.591. The highest BCUT2D eigenvalue weighted by Crippen LogP contribution is 2.25. The van der Waals surface area contributed by atoms with E-state index < -0.39 is 45.5 Å². The third kappa shape index (κ3) is 4.69. The molecule has 1 amide bonds. The Balaban J connectivity index is 2.03. The van der Waals surface area contributed by atoms with E-state index in [9.17, 15) is 26.4 Å². The minimum atomic E-state index is -4.51. The molecule has 0 radical (unpaired) electrons. The topological polar surface area (TPSA) is 118 Å². The largest absolute Gasteiger partial charge is 0.438 e. The van der Waals surface area contributed by atoms with Crippen LogP contribution in [-0.2, 0) is 10.0 Å². The highest BCUT2D eigenvalue weighted by molar-refractivity contribution is 7.89. The minimum absolute atomic E-state index is 0.205. The van der Waals surface area contributed by atoms with Gasteiger partial charge in [-0.2, -0.15) is 13.2 Å². The number of amides is 1. The molecule has 24 heavy (non-hydrogen) atoms. The summed E-state index contributed by atoms with van der Waals surface area (Å²) in [6.07, 6.45) is -4.51. The van der Waals surface area contributed by atoms with E-state index in [-0.39, 0.29) is 13.1 Å². The lowest BCUT2D eigenvalue weighted by Crippen LogP contribution is -2.57. The molecule has 4 N–H and O–H groups in total. The summed E-state index contributed by atoms with van der Waals surface area (Å²) in [5, 5.41) is 9.26. The molecule has 1 aliphatic rings. The van der Waals surface area contributed by atoms with Gasteiger partial charge in [-0.3, -0.25) is 9.69 Å². The zero-order valence-electron chi connectivity index (χ0n) is 12.5. The molecule has 1 aliphatic heterocycles. The van der Waals surface area contributed by atoms with Gasteiger partial charge in [-0.05, 0) is 12.1 Å². The smallest absolute Gasteiger partial charge is 0.405 e. The molecule has 0 aromatic carbocycles. The van der Waals surface area contributed by atoms with Crippen LogP contribution in [0.25, 0.3) is 0 Å². The van der Waals surface area contributed by atoms with Crippen LogP contribution in [0.15, 0.2) is 21.6 Å². The average molecular weight is 370 g/mol. The first-order valence-corrected chi connectivity index (χ1v) is 8.56. The maximum absolute atomic E-state index is 13.2. The standard InChI is InChI=1S/C12H17F3N4O4S/c13-12(14,15)9(19-5-3-17-4-6-19)7-18-11(20)8-1-2-10(23-8)24(16,21)22/h1-2,9,17H,3-7H2,(H,18,20)(H2,16,21,22). The Bertz CT molecular complexity index is 683. The predicted molar refractivity (Wildman–Crippen MR) is 76.7 cm³/mol. The first-order valence-electron chi connectivity index (χ1n) is 7.01. The number of rotatable bonds is 5. The molecule has 1 fully saturated rings. The molecule has 0 bridgehead atoms. The molecule has 1 saturated heterocycles. The summed E-state index contributed by atoms with van der Waals surface area (Å²) in [5.74, 6) is -1.38. The van der Waals surface area contributed by atoms with E-state index in [0.29, 0.717) is 13.1 Å². The van der Waals surface area contributed by atoms with Crippen LogP contribution < -0.4 is 15.8 Å². The lowest BCUT2D eigenvalue weighted by atomic mass is 10.2. The van der Waals surface area contributed by atoms with Gasteiger partial charge in [-0.1, -0.05) is 0 Å². The van der Waals surface area contributed by atoms with Gasteiger partial charge < -0.3 is 15.1 Å². The van der Waals surface area contributed by atoms with Crippen LogP contribution in [-0.4, -0.2) is 64.2 Å². The van der Waals surface area contributed by atoms with E-state index >= 15 is 0 Å². The number of carbonyl (C=O) groups is 1. The van der Waals surface area contributed by atoms with Crippen LogP contribution in [0.3, 0.4) is 0 Å². The maximum atomic E-state index is 13.2. The summed E-state index contributed by atoms with van der Waals surface area (Å²) in [7, 11) is -4.13. The zero-order valence-corrected chi connectivity index (χ0v) is 13.3. The molecule has 12 heteroatoms. The number of hydrogen-bond donors (Lipinski definition) is 3. The van der Waals surface area contributed by atoms with Crippen molar-refractivity contribution in [2.24, 2.45) is 5.14 Å². The Morgan fingerprint density at radius 2 is 2.00 bits per heavy atom. The second-order valence-electron chi connectivity index (χ2n) is 5.22. The van der Waals surface area contributed by atoms with Crippen LogP contribution in [0.4, 0.5) is 13.2 Å². The van der Waals surface area contributed by atoms with Crippen LogP contribution in [0.5, 0.6) is 0 Å². The van der Waals surface area contributed by atoms with Gasteiger partial charge in [-0.15, -0.1) is 0 Å². The number of hydrogen-bond acceptors (Lipinski definition) is 6. The van der Waals surface area contributed by atoms with E-state index in [0.717, 1.165) is 12.1 Å². The lowest BCUT2D eigenvalue weighted by Gasteiger charge is -2.35. The van der Waals surface area contributed by atoms with Crippen molar-refractivity contribution in [2.75, 3.05) is 32.7 Å². The number of piperazine rings is 1. The maximum Gasteiger partial charge on any atom is 0.405 e. The minimum Gasteiger partial charge on any atom is -0.438 e. The van der Waals surface area contributed by atoms with Crippen molar-refractivity contribution in [1.82, 2.24) is 15.5 Å². The van der Waals surface area contributed by atoms with Gasteiger partial charge in [0.2, 0.25) is 5.09 Å². The Labute approximate surface area is 136 Å². The molecule has 136 valence electrons. The van der Waals surface area contributed by atoms with Gasteiger partial charge in [0, 0.05) is 32.7 Å². The number of alkyl halides is 3. The number of nitrogens with zero attached hydrogens (tertiary/aromatic N) is 1. The lowest BCUT2D eigenvalue weighted by molar-refractivity contribution is -0.183. The van der Waals surface area contributed by atoms with Crippen molar-refractivity contribution >= 4 is 15.9 Å². The fourth-order valence-corrected chi connectivity index (χ4v) is 2.78. The summed E-state index contributed by atoms with van der Waals surface area (Å²) in [6, 6.07) is 0.154. The van der Waals surface area contributed by atoms with Gasteiger partial charge in [0.25, 0.3) is 15.9 Å². The molecule has 0 spiro atoms. The second-order valence-corrected chi connectivity index (χ2v) is 6.71. The average Bonchev–Trinajstić information content (AvgIpc) is 2.97. The molecule has 2 rings (SSSR count). The molecule has 8 nitrogen and oxygen atoms in total.